The van der Waals surface area contributed by atoms with E-state index in [1.165, 1.54) is 16.7 Å². The summed E-state index contributed by atoms with van der Waals surface area (Å²) in [6, 6.07) is 16.9. The summed E-state index contributed by atoms with van der Waals surface area (Å²) >= 11 is 0. The zero-order chi connectivity index (χ0) is 15.9. The van der Waals surface area contributed by atoms with Gasteiger partial charge in [-0.1, -0.05) is 69.3 Å². The van der Waals surface area contributed by atoms with Gasteiger partial charge in [-0.15, -0.1) is 0 Å². The van der Waals surface area contributed by atoms with Crippen LogP contribution in [-0.4, -0.2) is 5.78 Å². The molecular weight excluding hydrogens is 268 g/mol. The third-order valence-electron chi connectivity index (χ3n) is 4.03. The summed E-state index contributed by atoms with van der Waals surface area (Å²) in [5.74, 6) is 0.898. The van der Waals surface area contributed by atoms with Crippen molar-refractivity contribution in [1.82, 2.24) is 0 Å². The normalized spacial score (nSPS) is 10.9. The Labute approximate surface area is 134 Å². The number of Topliss-reactive ketones (excluding diaryl/α,β-unsaturated/α-hetero) is 1. The smallest absolute Gasteiger partial charge is 0.162 e. The second kappa shape index (κ2) is 7.93. The van der Waals surface area contributed by atoms with Crippen molar-refractivity contribution in [3.63, 3.8) is 0 Å². The Hall–Kier alpha value is -1.89. The van der Waals surface area contributed by atoms with Crippen LogP contribution in [0.3, 0.4) is 0 Å². The molecule has 1 nitrogen and oxygen atoms in total. The highest BCUT2D eigenvalue weighted by atomic mass is 16.1. The summed E-state index contributed by atoms with van der Waals surface area (Å²) < 4.78 is 0. The molecule has 0 saturated heterocycles. The molecule has 0 aromatic heterocycles. The number of rotatable bonds is 7. The number of aryl methyl sites for hydroxylation is 2. The summed E-state index contributed by atoms with van der Waals surface area (Å²) in [6.07, 6.45) is 3.79. The van der Waals surface area contributed by atoms with Crippen molar-refractivity contribution < 1.29 is 4.79 Å². The molecule has 0 spiro atoms. The van der Waals surface area contributed by atoms with Crippen LogP contribution in [0.15, 0.2) is 48.5 Å². The second-order valence-electron chi connectivity index (χ2n) is 6.34. The van der Waals surface area contributed by atoms with Crippen LogP contribution < -0.4 is 0 Å². The molecule has 0 aliphatic rings. The van der Waals surface area contributed by atoms with Gasteiger partial charge in [0.1, 0.15) is 0 Å². The summed E-state index contributed by atoms with van der Waals surface area (Å²) in [7, 11) is 0. The first-order valence-electron chi connectivity index (χ1n) is 8.29. The lowest BCUT2D eigenvalue weighted by atomic mass is 9.94. The maximum atomic E-state index is 11.7. The lowest BCUT2D eigenvalue weighted by Crippen LogP contribution is -2.01. The third-order valence-corrected chi connectivity index (χ3v) is 4.03. The molecule has 0 unspecified atom stereocenters. The molecule has 116 valence electrons. The molecule has 0 bridgehead atoms. The van der Waals surface area contributed by atoms with Crippen LogP contribution >= 0.6 is 0 Å². The standard InChI is InChI=1S/C21H26O/c1-4-21(22)19-13-10-17(11-14-19)9-12-18-7-5-6-8-20(18)15-16(2)3/h5-8,10-11,13-14,16H,4,9,12,15H2,1-3H3. The molecule has 1 heteroatoms. The van der Waals surface area contributed by atoms with Crippen LogP contribution in [0.1, 0.15) is 54.2 Å². The number of benzene rings is 2. The number of hydrogen-bond acceptors (Lipinski definition) is 1. The van der Waals surface area contributed by atoms with Crippen molar-refractivity contribution in [3.05, 3.63) is 70.8 Å². The van der Waals surface area contributed by atoms with Gasteiger partial charge in [0, 0.05) is 12.0 Å². The molecule has 0 heterocycles. The molecule has 0 N–H and O–H groups in total. The molecule has 2 aromatic carbocycles. The molecule has 0 radical (unpaired) electrons. The molecule has 0 fully saturated rings. The van der Waals surface area contributed by atoms with Gasteiger partial charge in [-0.25, -0.2) is 0 Å². The molecule has 0 saturated carbocycles. The van der Waals surface area contributed by atoms with E-state index in [4.69, 9.17) is 0 Å². The molecule has 0 amide bonds. The van der Waals surface area contributed by atoms with Gasteiger partial charge in [-0.2, -0.15) is 0 Å². The zero-order valence-electron chi connectivity index (χ0n) is 13.9. The summed E-state index contributed by atoms with van der Waals surface area (Å²) in [5, 5.41) is 0. The van der Waals surface area contributed by atoms with Gasteiger partial charge in [0.2, 0.25) is 0 Å². The Morgan fingerprint density at radius 2 is 1.55 bits per heavy atom. The average molecular weight is 294 g/mol. The van der Waals surface area contributed by atoms with E-state index < -0.39 is 0 Å². The fourth-order valence-corrected chi connectivity index (χ4v) is 2.78. The van der Waals surface area contributed by atoms with Crippen LogP contribution in [0.2, 0.25) is 0 Å². The van der Waals surface area contributed by atoms with E-state index >= 15 is 0 Å². The van der Waals surface area contributed by atoms with E-state index in [2.05, 4.69) is 50.2 Å². The zero-order valence-corrected chi connectivity index (χ0v) is 13.9. The molecule has 2 rings (SSSR count). The topological polar surface area (TPSA) is 17.1 Å². The number of carbonyl (C=O) groups is 1. The number of hydrogen-bond donors (Lipinski definition) is 0. The molecule has 0 aliphatic carbocycles. The summed E-state index contributed by atoms with van der Waals surface area (Å²) in [5.41, 5.74) is 5.04. The van der Waals surface area contributed by atoms with Crippen molar-refractivity contribution in [2.75, 3.05) is 0 Å². The lowest BCUT2D eigenvalue weighted by Gasteiger charge is -2.11. The summed E-state index contributed by atoms with van der Waals surface area (Å²) in [4.78, 5) is 11.7. The molecule has 22 heavy (non-hydrogen) atoms. The van der Waals surface area contributed by atoms with Gasteiger partial charge in [0.25, 0.3) is 0 Å². The van der Waals surface area contributed by atoms with Crippen molar-refractivity contribution in [2.45, 2.75) is 46.5 Å². The number of ketones is 1. The van der Waals surface area contributed by atoms with Crippen LogP contribution in [0.5, 0.6) is 0 Å². The average Bonchev–Trinajstić information content (AvgIpc) is 2.53. The van der Waals surface area contributed by atoms with Crippen molar-refractivity contribution in [2.24, 2.45) is 5.92 Å². The Balaban J connectivity index is 2.02. The predicted molar refractivity (Wildman–Crippen MR) is 93.5 cm³/mol. The predicted octanol–water partition coefficient (Wildman–Crippen LogP) is 5.26. The van der Waals surface area contributed by atoms with Gasteiger partial charge in [-0.05, 0) is 41.9 Å². The monoisotopic (exact) mass is 294 g/mol. The first-order chi connectivity index (χ1) is 10.6. The number of carbonyl (C=O) groups excluding carboxylic acids is 1. The quantitative estimate of drug-likeness (QED) is 0.636. The minimum Gasteiger partial charge on any atom is -0.294 e. The minimum absolute atomic E-state index is 0.217. The largest absolute Gasteiger partial charge is 0.294 e. The Kier molecular flexibility index (Phi) is 5.94. The molecule has 0 atom stereocenters. The third kappa shape index (κ3) is 4.56. The maximum Gasteiger partial charge on any atom is 0.162 e. The van der Waals surface area contributed by atoms with Gasteiger partial charge < -0.3 is 0 Å². The molecule has 2 aromatic rings. The van der Waals surface area contributed by atoms with Crippen LogP contribution in [0, 0.1) is 5.92 Å². The van der Waals surface area contributed by atoms with E-state index in [-0.39, 0.29) is 5.78 Å². The van der Waals surface area contributed by atoms with Crippen LogP contribution in [0.25, 0.3) is 0 Å². The highest BCUT2D eigenvalue weighted by Gasteiger charge is 2.06. The van der Waals surface area contributed by atoms with E-state index in [9.17, 15) is 4.79 Å². The van der Waals surface area contributed by atoms with Gasteiger partial charge >= 0.3 is 0 Å². The molecular formula is C21H26O. The summed E-state index contributed by atoms with van der Waals surface area (Å²) in [6.45, 7) is 6.43. The minimum atomic E-state index is 0.217. The van der Waals surface area contributed by atoms with Crippen molar-refractivity contribution >= 4 is 5.78 Å². The molecule has 0 aliphatic heterocycles. The fourth-order valence-electron chi connectivity index (χ4n) is 2.78. The highest BCUT2D eigenvalue weighted by Crippen LogP contribution is 2.17. The van der Waals surface area contributed by atoms with Crippen molar-refractivity contribution in [1.29, 1.82) is 0 Å². The highest BCUT2D eigenvalue weighted by molar-refractivity contribution is 5.95. The SMILES string of the molecule is CCC(=O)c1ccc(CCc2ccccc2CC(C)C)cc1. The first kappa shape index (κ1) is 16.5. The van der Waals surface area contributed by atoms with E-state index in [1.54, 1.807) is 0 Å². The fraction of sp³-hybridized carbons (Fsp3) is 0.381. The van der Waals surface area contributed by atoms with Gasteiger partial charge in [0.05, 0.1) is 0 Å². The Morgan fingerprint density at radius 3 is 2.14 bits per heavy atom. The van der Waals surface area contributed by atoms with E-state index in [0.29, 0.717) is 12.3 Å². The van der Waals surface area contributed by atoms with E-state index in [1.807, 2.05) is 19.1 Å². The van der Waals surface area contributed by atoms with Gasteiger partial charge in [0.15, 0.2) is 5.78 Å². The van der Waals surface area contributed by atoms with Crippen LogP contribution in [0.4, 0.5) is 0 Å². The maximum absolute atomic E-state index is 11.7. The van der Waals surface area contributed by atoms with Crippen LogP contribution in [-0.2, 0) is 19.3 Å². The van der Waals surface area contributed by atoms with Gasteiger partial charge in [-0.3, -0.25) is 4.79 Å². The Bertz CT molecular complexity index is 608. The van der Waals surface area contributed by atoms with Crippen molar-refractivity contribution in [3.8, 4) is 0 Å². The first-order valence-corrected chi connectivity index (χ1v) is 8.29. The Morgan fingerprint density at radius 1 is 0.909 bits per heavy atom. The lowest BCUT2D eigenvalue weighted by molar-refractivity contribution is 0.0988. The van der Waals surface area contributed by atoms with E-state index in [0.717, 1.165) is 24.8 Å². The second-order valence-corrected chi connectivity index (χ2v) is 6.34.